The van der Waals surface area contributed by atoms with Gasteiger partial charge in [0.2, 0.25) is 6.29 Å². The number of aromatic hydroxyl groups is 1. The molecule has 0 unspecified atom stereocenters. The molecule has 0 saturated carbocycles. The Bertz CT molecular complexity index is 1680. The van der Waals surface area contributed by atoms with Gasteiger partial charge in [0, 0.05) is 23.6 Å². The maximum absolute atomic E-state index is 13.3. The molecule has 4 atom stereocenters. The van der Waals surface area contributed by atoms with Crippen molar-refractivity contribution >= 4 is 28.7 Å². The molecule has 236 valence electrons. The number of aliphatic hydroxyl groups excluding tert-OH is 1. The number of nitrogens with two attached hydrogens (primary N) is 1. The predicted octanol–water partition coefficient (Wildman–Crippen LogP) is -0.000880. The first-order valence-electron chi connectivity index (χ1n) is 13.7. The number of allylic oxidation sites excluding steroid dienone is 2. The van der Waals surface area contributed by atoms with Gasteiger partial charge in [0.1, 0.15) is 28.9 Å². The SMILES string of the molecule is CO[C@@H]1[C@@H](OC(N)=O)[C@@H](O)[C@H](Oc2ccc3c([O-])c(NC(=O)c4ccc(O)c(CC=C(C)C)c4)c(=O)oc3c2C)OC1(C)C.[Na+]. The number of phenolic OH excluding ortho intramolecular Hbond substituents is 1. The number of aliphatic hydroxyl groups is 1. The van der Waals surface area contributed by atoms with Crippen molar-refractivity contribution in [3.8, 4) is 17.2 Å². The van der Waals surface area contributed by atoms with Crippen molar-refractivity contribution < 1.29 is 77.8 Å². The average Bonchev–Trinajstić information content (AvgIpc) is 2.94. The van der Waals surface area contributed by atoms with Crippen LogP contribution < -0.4 is 56.1 Å². The topological polar surface area (TPSA) is 203 Å². The van der Waals surface area contributed by atoms with Crippen molar-refractivity contribution in [3.05, 3.63) is 69.1 Å². The van der Waals surface area contributed by atoms with E-state index in [2.05, 4.69) is 5.32 Å². The van der Waals surface area contributed by atoms with Crippen molar-refractivity contribution in [3.63, 3.8) is 0 Å². The summed E-state index contributed by atoms with van der Waals surface area (Å²) in [5, 5.41) is 36.7. The minimum Gasteiger partial charge on any atom is -0.870 e. The zero-order chi connectivity index (χ0) is 32.5. The fraction of sp³-hybridized carbons (Fsp3) is 0.387. The van der Waals surface area contributed by atoms with Gasteiger partial charge in [-0.2, -0.15) is 0 Å². The second kappa shape index (κ2) is 14.2. The zero-order valence-corrected chi connectivity index (χ0v) is 28.1. The van der Waals surface area contributed by atoms with Crippen LogP contribution >= 0.6 is 0 Å². The monoisotopic (exact) mass is 634 g/mol. The number of methoxy groups -OCH3 is 1. The van der Waals surface area contributed by atoms with Gasteiger partial charge >= 0.3 is 41.3 Å². The van der Waals surface area contributed by atoms with E-state index in [0.717, 1.165) is 5.57 Å². The summed E-state index contributed by atoms with van der Waals surface area (Å²) in [4.78, 5) is 37.4. The standard InChI is InChI=1S/C31H36N2O11.Na/c1-14(2)7-8-16-13-17(9-11-19(16)34)27(37)33-21-22(35)18-10-12-20(15(3)24(18)42-28(21)38)41-29-23(36)25(43-30(32)39)26(40-6)31(4,5)44-29;/h7,9-13,23,25-26,29,34-36H,8H2,1-6H3,(H2,32,39)(H,33,37);/q;+1/p-1/t23-,25+,26-,29-;/m1./s1. The van der Waals surface area contributed by atoms with E-state index in [9.17, 15) is 29.7 Å². The normalized spacial score (nSPS) is 20.5. The molecule has 13 nitrogen and oxygen atoms in total. The van der Waals surface area contributed by atoms with E-state index in [1.54, 1.807) is 13.8 Å². The number of nitrogens with one attached hydrogen (secondary N) is 1. The quantitative estimate of drug-likeness (QED) is 0.148. The van der Waals surface area contributed by atoms with Gasteiger partial charge in [0.15, 0.2) is 12.2 Å². The van der Waals surface area contributed by atoms with Crippen LogP contribution in [0.1, 0.15) is 49.2 Å². The Morgan fingerprint density at radius 1 is 1.20 bits per heavy atom. The first-order valence-corrected chi connectivity index (χ1v) is 13.7. The molecule has 1 aliphatic heterocycles. The van der Waals surface area contributed by atoms with Gasteiger partial charge in [-0.3, -0.25) is 4.79 Å². The molecule has 2 aromatic carbocycles. The van der Waals surface area contributed by atoms with E-state index in [4.69, 9.17) is 29.1 Å². The Morgan fingerprint density at radius 2 is 1.89 bits per heavy atom. The summed E-state index contributed by atoms with van der Waals surface area (Å²) in [6.07, 6.45) is -3.88. The Kier molecular flexibility index (Phi) is 11.3. The van der Waals surface area contributed by atoms with Crippen LogP contribution in [0.15, 0.2) is 51.2 Å². The summed E-state index contributed by atoms with van der Waals surface area (Å²) < 4.78 is 27.8. The van der Waals surface area contributed by atoms with Crippen molar-refractivity contribution in [1.29, 1.82) is 0 Å². The Balaban J connectivity index is 0.00000552. The minimum absolute atomic E-state index is 0. The molecule has 1 aliphatic rings. The number of benzene rings is 2. The molecule has 0 spiro atoms. The fourth-order valence-electron chi connectivity index (χ4n) is 5.05. The van der Waals surface area contributed by atoms with E-state index < -0.39 is 59.3 Å². The summed E-state index contributed by atoms with van der Waals surface area (Å²) in [5.41, 5.74) is 4.19. The number of rotatable bonds is 8. The number of fused-ring (bicyclic) bond motifs is 1. The molecule has 0 bridgehead atoms. The number of anilines is 1. The van der Waals surface area contributed by atoms with Crippen LogP contribution in [0.4, 0.5) is 10.5 Å². The first-order chi connectivity index (χ1) is 20.6. The number of carbonyl (C=O) groups is 2. The number of hydrogen-bond donors (Lipinski definition) is 4. The molecular formula is C31H35N2NaO11. The molecule has 1 fully saturated rings. The van der Waals surface area contributed by atoms with E-state index >= 15 is 0 Å². The van der Waals surface area contributed by atoms with E-state index in [1.165, 1.54) is 44.4 Å². The van der Waals surface area contributed by atoms with Crippen LogP contribution in [0.2, 0.25) is 0 Å². The van der Waals surface area contributed by atoms with E-state index in [1.807, 2.05) is 19.9 Å². The molecule has 4 rings (SSSR count). The van der Waals surface area contributed by atoms with Crippen molar-refractivity contribution in [2.75, 3.05) is 12.4 Å². The van der Waals surface area contributed by atoms with Crippen LogP contribution in [0, 0.1) is 6.92 Å². The molecule has 45 heavy (non-hydrogen) atoms. The second-order valence-electron chi connectivity index (χ2n) is 11.2. The third-order valence-electron chi connectivity index (χ3n) is 7.31. The van der Waals surface area contributed by atoms with Gasteiger partial charge in [0.05, 0.1) is 5.60 Å². The van der Waals surface area contributed by atoms with Crippen LogP contribution in [-0.4, -0.2) is 59.5 Å². The number of primary amides is 1. The smallest absolute Gasteiger partial charge is 0.870 e. The van der Waals surface area contributed by atoms with Gasteiger partial charge < -0.3 is 49.7 Å². The Morgan fingerprint density at radius 3 is 2.51 bits per heavy atom. The Hall–Kier alpha value is -3.59. The number of carbonyl (C=O) groups excluding carboxylic acids is 2. The molecule has 14 heteroatoms. The zero-order valence-electron chi connectivity index (χ0n) is 26.1. The maximum Gasteiger partial charge on any atom is 1.00 e. The molecule has 1 saturated heterocycles. The third kappa shape index (κ3) is 7.63. The number of hydrogen-bond acceptors (Lipinski definition) is 11. The van der Waals surface area contributed by atoms with Crippen LogP contribution in [-0.2, 0) is 20.6 Å². The van der Waals surface area contributed by atoms with Crippen molar-refractivity contribution in [1.82, 2.24) is 0 Å². The van der Waals surface area contributed by atoms with Gasteiger partial charge in [-0.15, -0.1) is 0 Å². The van der Waals surface area contributed by atoms with Crippen LogP contribution in [0.25, 0.3) is 11.0 Å². The largest absolute Gasteiger partial charge is 1.00 e. The van der Waals surface area contributed by atoms with Crippen LogP contribution in [0.3, 0.4) is 0 Å². The van der Waals surface area contributed by atoms with Crippen molar-refractivity contribution in [2.45, 2.75) is 71.2 Å². The van der Waals surface area contributed by atoms with Gasteiger partial charge in [-0.25, -0.2) is 9.59 Å². The molecular weight excluding hydrogens is 599 g/mol. The Labute approximate surface area is 281 Å². The van der Waals surface area contributed by atoms with E-state index in [0.29, 0.717) is 12.0 Å². The maximum atomic E-state index is 13.3. The molecule has 3 aromatic rings. The van der Waals surface area contributed by atoms with Gasteiger partial charge in [0.25, 0.3) is 5.91 Å². The molecule has 1 aromatic heterocycles. The molecule has 5 N–H and O–H groups in total. The molecule has 0 radical (unpaired) electrons. The molecule has 2 heterocycles. The minimum atomic E-state index is -1.53. The average molecular weight is 635 g/mol. The molecule has 0 aliphatic carbocycles. The first kappa shape index (κ1) is 35.9. The second-order valence-corrected chi connectivity index (χ2v) is 11.2. The van der Waals surface area contributed by atoms with E-state index in [-0.39, 0.29) is 63.2 Å². The number of aryl methyl sites for hydroxylation is 1. The van der Waals surface area contributed by atoms with Gasteiger partial charge in [-0.05, 0) is 76.9 Å². The van der Waals surface area contributed by atoms with Crippen molar-refractivity contribution in [2.24, 2.45) is 5.73 Å². The number of ether oxygens (including phenoxy) is 4. The van der Waals surface area contributed by atoms with Crippen LogP contribution in [0.5, 0.6) is 17.2 Å². The van der Waals surface area contributed by atoms with Gasteiger partial charge in [-0.1, -0.05) is 17.4 Å². The number of phenols is 1. The summed E-state index contributed by atoms with van der Waals surface area (Å²) in [7, 11) is 1.36. The summed E-state index contributed by atoms with van der Waals surface area (Å²) in [5.74, 6) is -1.42. The number of amides is 2. The summed E-state index contributed by atoms with van der Waals surface area (Å²) in [6, 6.07) is 6.96. The molecule has 2 amide bonds. The summed E-state index contributed by atoms with van der Waals surface area (Å²) >= 11 is 0. The fourth-order valence-corrected chi connectivity index (χ4v) is 5.05. The third-order valence-corrected chi connectivity index (χ3v) is 7.31. The predicted molar refractivity (Wildman–Crippen MR) is 157 cm³/mol. The summed E-state index contributed by atoms with van der Waals surface area (Å²) in [6.45, 7) is 8.63.